The number of aromatic nitrogens is 2. The number of carbonyl (C=O) groups is 2. The van der Waals surface area contributed by atoms with E-state index in [1.807, 2.05) is 16.8 Å². The Hall–Kier alpha value is -2.71. The predicted octanol–water partition coefficient (Wildman–Crippen LogP) is 2.85. The molecule has 0 aliphatic heterocycles. The molecule has 0 saturated carbocycles. The van der Waals surface area contributed by atoms with Crippen molar-refractivity contribution >= 4 is 34.8 Å². The van der Waals surface area contributed by atoms with Gasteiger partial charge < -0.3 is 4.42 Å². The molecule has 0 bridgehead atoms. The van der Waals surface area contributed by atoms with Gasteiger partial charge in [-0.3, -0.25) is 20.4 Å². The summed E-state index contributed by atoms with van der Waals surface area (Å²) >= 11 is 7.45. The van der Waals surface area contributed by atoms with E-state index in [1.165, 1.54) is 11.3 Å². The lowest BCUT2D eigenvalue weighted by Gasteiger charge is -2.07. The Bertz CT molecular complexity index is 879. The highest BCUT2D eigenvalue weighted by molar-refractivity contribution is 7.08. The van der Waals surface area contributed by atoms with E-state index >= 15 is 0 Å². The van der Waals surface area contributed by atoms with E-state index in [-0.39, 0.29) is 24.3 Å². The average Bonchev–Trinajstić information content (AvgIpc) is 3.29. The third-order valence-corrected chi connectivity index (χ3v) is 4.25. The van der Waals surface area contributed by atoms with Gasteiger partial charge in [0.2, 0.25) is 17.7 Å². The van der Waals surface area contributed by atoms with E-state index in [2.05, 4.69) is 21.0 Å². The van der Waals surface area contributed by atoms with Gasteiger partial charge in [-0.25, -0.2) is 0 Å². The highest BCUT2D eigenvalue weighted by Gasteiger charge is 2.13. The van der Waals surface area contributed by atoms with Crippen LogP contribution in [0, 0.1) is 0 Å². The van der Waals surface area contributed by atoms with Crippen molar-refractivity contribution in [3.8, 4) is 11.5 Å². The maximum absolute atomic E-state index is 11.9. The van der Waals surface area contributed by atoms with Crippen LogP contribution in [0.3, 0.4) is 0 Å². The number of nitrogens with zero attached hydrogens (tertiary/aromatic N) is 2. The first kappa shape index (κ1) is 17.1. The predicted molar refractivity (Wildman–Crippen MR) is 93.0 cm³/mol. The lowest BCUT2D eigenvalue weighted by molar-refractivity contribution is -0.121. The Morgan fingerprint density at radius 2 is 2.00 bits per heavy atom. The van der Waals surface area contributed by atoms with Gasteiger partial charge in [-0.05, 0) is 23.6 Å². The Balaban J connectivity index is 1.47. The molecule has 3 rings (SSSR count). The number of halogens is 1. The van der Waals surface area contributed by atoms with E-state index in [4.69, 9.17) is 16.0 Å². The van der Waals surface area contributed by atoms with Crippen LogP contribution in [-0.4, -0.2) is 22.0 Å². The quantitative estimate of drug-likeness (QED) is 0.667. The van der Waals surface area contributed by atoms with Gasteiger partial charge in [0, 0.05) is 23.8 Å². The van der Waals surface area contributed by atoms with Crippen LogP contribution >= 0.6 is 22.9 Å². The second-order valence-corrected chi connectivity index (χ2v) is 6.18. The fourth-order valence-corrected chi connectivity index (χ4v) is 2.83. The third-order valence-electron chi connectivity index (χ3n) is 3.23. The van der Waals surface area contributed by atoms with Crippen molar-refractivity contribution in [1.29, 1.82) is 0 Å². The van der Waals surface area contributed by atoms with Gasteiger partial charge in [0.25, 0.3) is 5.91 Å². The van der Waals surface area contributed by atoms with E-state index in [0.717, 1.165) is 5.56 Å². The van der Waals surface area contributed by atoms with Crippen molar-refractivity contribution in [2.24, 2.45) is 0 Å². The first-order valence-corrected chi connectivity index (χ1v) is 8.64. The van der Waals surface area contributed by atoms with E-state index in [9.17, 15) is 9.59 Å². The second kappa shape index (κ2) is 7.91. The second-order valence-electron chi connectivity index (χ2n) is 5.00. The lowest BCUT2D eigenvalue weighted by Crippen LogP contribution is -2.41. The molecule has 2 aromatic heterocycles. The highest BCUT2D eigenvalue weighted by Crippen LogP contribution is 2.20. The van der Waals surface area contributed by atoms with Gasteiger partial charge in [0.1, 0.15) is 0 Å². The number of hydrazine groups is 1. The maximum Gasteiger partial charge on any atom is 0.271 e. The minimum atomic E-state index is -0.489. The number of aryl methyl sites for hydroxylation is 1. The number of carbonyl (C=O) groups excluding carboxylic acids is 2. The molecule has 7 nitrogen and oxygen atoms in total. The molecule has 1 aromatic carbocycles. The summed E-state index contributed by atoms with van der Waals surface area (Å²) in [6.07, 6.45) is 0.360. The van der Waals surface area contributed by atoms with Crippen LogP contribution in [0.25, 0.3) is 11.5 Å². The minimum Gasteiger partial charge on any atom is -0.421 e. The van der Waals surface area contributed by atoms with Crippen LogP contribution in [0.15, 0.2) is 45.5 Å². The number of amides is 2. The van der Waals surface area contributed by atoms with Crippen LogP contribution in [-0.2, 0) is 11.2 Å². The maximum atomic E-state index is 11.9. The van der Waals surface area contributed by atoms with Crippen LogP contribution < -0.4 is 10.9 Å². The first-order valence-electron chi connectivity index (χ1n) is 7.32. The highest BCUT2D eigenvalue weighted by atomic mass is 35.5. The third kappa shape index (κ3) is 4.43. The molecule has 0 unspecified atom stereocenters. The molecule has 9 heteroatoms. The largest absolute Gasteiger partial charge is 0.421 e. The summed E-state index contributed by atoms with van der Waals surface area (Å²) < 4.78 is 5.49. The molecular weight excluding hydrogens is 364 g/mol. The zero-order valence-corrected chi connectivity index (χ0v) is 14.4. The summed E-state index contributed by atoms with van der Waals surface area (Å²) in [7, 11) is 0. The van der Waals surface area contributed by atoms with E-state index < -0.39 is 5.91 Å². The van der Waals surface area contributed by atoms with E-state index in [1.54, 1.807) is 24.3 Å². The van der Waals surface area contributed by atoms with Crippen LogP contribution in [0.2, 0.25) is 5.02 Å². The Morgan fingerprint density at radius 3 is 2.76 bits per heavy atom. The Labute approximate surface area is 152 Å². The van der Waals surface area contributed by atoms with Crippen LogP contribution in [0.1, 0.15) is 22.7 Å². The molecule has 0 fully saturated rings. The van der Waals surface area contributed by atoms with Crippen molar-refractivity contribution in [3.63, 3.8) is 0 Å². The summed E-state index contributed by atoms with van der Waals surface area (Å²) in [6, 6.07) is 8.43. The molecule has 2 N–H and O–H groups in total. The molecule has 2 amide bonds. The molecule has 2 heterocycles. The van der Waals surface area contributed by atoms with Crippen molar-refractivity contribution in [2.45, 2.75) is 12.8 Å². The van der Waals surface area contributed by atoms with Gasteiger partial charge in [-0.2, -0.15) is 11.3 Å². The Morgan fingerprint density at radius 1 is 1.16 bits per heavy atom. The molecule has 0 radical (unpaired) electrons. The fraction of sp³-hybridized carbons (Fsp3) is 0.125. The van der Waals surface area contributed by atoms with Crippen molar-refractivity contribution in [2.75, 3.05) is 0 Å². The van der Waals surface area contributed by atoms with Crippen molar-refractivity contribution < 1.29 is 14.0 Å². The molecule has 0 saturated heterocycles. The van der Waals surface area contributed by atoms with Gasteiger partial charge in [-0.15, -0.1) is 10.2 Å². The summed E-state index contributed by atoms with van der Waals surface area (Å²) in [6.45, 7) is 0. The normalized spacial score (nSPS) is 10.4. The van der Waals surface area contributed by atoms with Gasteiger partial charge in [-0.1, -0.05) is 23.7 Å². The Kier molecular flexibility index (Phi) is 5.42. The zero-order chi connectivity index (χ0) is 17.6. The van der Waals surface area contributed by atoms with Gasteiger partial charge in [0.05, 0.1) is 10.6 Å². The number of hydrogen-bond acceptors (Lipinski definition) is 6. The molecule has 0 spiro atoms. The van der Waals surface area contributed by atoms with Crippen molar-refractivity contribution in [1.82, 2.24) is 21.0 Å². The average molecular weight is 377 g/mol. The molecular formula is C16H13ClN4O3S. The summed E-state index contributed by atoms with van der Waals surface area (Å²) in [4.78, 5) is 23.8. The zero-order valence-electron chi connectivity index (χ0n) is 12.9. The van der Waals surface area contributed by atoms with Crippen molar-refractivity contribution in [3.05, 3.63) is 57.6 Å². The van der Waals surface area contributed by atoms with Crippen LogP contribution in [0.5, 0.6) is 0 Å². The topological polar surface area (TPSA) is 97.1 Å². The summed E-state index contributed by atoms with van der Waals surface area (Å²) in [5.74, 6) is -0.0929. The molecule has 128 valence electrons. The lowest BCUT2D eigenvalue weighted by atomic mass is 10.2. The monoisotopic (exact) mass is 376 g/mol. The van der Waals surface area contributed by atoms with Gasteiger partial charge >= 0.3 is 0 Å². The summed E-state index contributed by atoms with van der Waals surface area (Å²) in [5, 5.41) is 12.0. The first-order chi connectivity index (χ1) is 12.1. The number of rotatable bonds is 5. The summed E-state index contributed by atoms with van der Waals surface area (Å²) in [5.41, 5.74) is 5.77. The van der Waals surface area contributed by atoms with Crippen LogP contribution in [0.4, 0.5) is 0 Å². The number of hydrogen-bond donors (Lipinski definition) is 2. The van der Waals surface area contributed by atoms with E-state index in [0.29, 0.717) is 16.8 Å². The SMILES string of the molecule is O=C(CCc1nnc(-c2ccsc2)o1)NNC(=O)c1ccccc1Cl. The number of benzene rings is 1. The molecule has 0 aliphatic carbocycles. The van der Waals surface area contributed by atoms with Gasteiger partial charge in [0.15, 0.2) is 0 Å². The molecule has 25 heavy (non-hydrogen) atoms. The fourth-order valence-electron chi connectivity index (χ4n) is 1.98. The molecule has 0 aliphatic rings. The molecule has 0 atom stereocenters. The number of nitrogens with one attached hydrogen (secondary N) is 2. The molecule has 3 aromatic rings. The standard InChI is InChI=1S/C16H13ClN4O3S/c17-12-4-2-1-3-11(12)15(23)20-18-13(22)5-6-14-19-21-16(24-14)10-7-8-25-9-10/h1-4,7-9H,5-6H2,(H,18,22)(H,20,23). The minimum absolute atomic E-state index is 0.0913. The number of thiophene rings is 1. The smallest absolute Gasteiger partial charge is 0.271 e.